The summed E-state index contributed by atoms with van der Waals surface area (Å²) in [6.07, 6.45) is 2.46. The molecule has 1 aromatic heterocycles. The number of hydrogen-bond acceptors (Lipinski definition) is 4. The van der Waals surface area contributed by atoms with Gasteiger partial charge in [0, 0.05) is 19.8 Å². The Morgan fingerprint density at radius 2 is 2.33 bits per heavy atom. The Kier molecular flexibility index (Phi) is 4.05. The molecule has 0 spiro atoms. The molecule has 0 aliphatic carbocycles. The molecular weight excluding hydrogens is 192 g/mol. The van der Waals surface area contributed by atoms with Crippen LogP contribution >= 0.6 is 0 Å². The van der Waals surface area contributed by atoms with Gasteiger partial charge in [0.2, 0.25) is 0 Å². The first kappa shape index (κ1) is 11.5. The molecule has 0 radical (unpaired) electrons. The van der Waals surface area contributed by atoms with E-state index in [0.29, 0.717) is 11.4 Å². The number of pyridine rings is 1. The number of nitrogens with one attached hydrogen (secondary N) is 1. The first-order valence-electron chi connectivity index (χ1n) is 4.87. The van der Waals surface area contributed by atoms with Crippen molar-refractivity contribution in [3.8, 4) is 0 Å². The number of hydrazine groups is 1. The summed E-state index contributed by atoms with van der Waals surface area (Å²) in [5, 5.41) is 0. The maximum absolute atomic E-state index is 11.8. The number of hydrogen-bond donors (Lipinski definition) is 2. The second-order valence-electron chi connectivity index (χ2n) is 3.30. The third-order valence-electron chi connectivity index (χ3n) is 2.06. The van der Waals surface area contributed by atoms with Crippen LogP contribution in [0, 0.1) is 0 Å². The Labute approximate surface area is 89.3 Å². The minimum absolute atomic E-state index is 0.0204. The summed E-state index contributed by atoms with van der Waals surface area (Å²) in [7, 11) is 1.78. The molecule has 0 fully saturated rings. The van der Waals surface area contributed by atoms with Gasteiger partial charge in [0.1, 0.15) is 5.82 Å². The summed E-state index contributed by atoms with van der Waals surface area (Å²) in [4.78, 5) is 17.4. The first-order chi connectivity index (χ1) is 7.19. The number of nitrogen functional groups attached to an aromatic ring is 1. The van der Waals surface area contributed by atoms with Crippen LogP contribution in [0.4, 0.5) is 5.82 Å². The lowest BCUT2D eigenvalue weighted by molar-refractivity contribution is 0.0795. The number of carbonyl (C=O) groups is 1. The van der Waals surface area contributed by atoms with Crippen LogP contribution in [0.15, 0.2) is 18.3 Å². The quantitative estimate of drug-likeness (QED) is 0.568. The Morgan fingerprint density at radius 1 is 1.60 bits per heavy atom. The van der Waals surface area contributed by atoms with E-state index >= 15 is 0 Å². The van der Waals surface area contributed by atoms with Crippen LogP contribution in [0.25, 0.3) is 0 Å². The summed E-state index contributed by atoms with van der Waals surface area (Å²) in [6.45, 7) is 2.78. The van der Waals surface area contributed by atoms with Gasteiger partial charge in [-0.1, -0.05) is 6.92 Å². The van der Waals surface area contributed by atoms with Crippen LogP contribution in [-0.4, -0.2) is 29.4 Å². The highest BCUT2D eigenvalue weighted by molar-refractivity contribution is 5.93. The van der Waals surface area contributed by atoms with Crippen molar-refractivity contribution in [2.75, 3.05) is 19.0 Å². The van der Waals surface area contributed by atoms with Crippen molar-refractivity contribution in [1.82, 2.24) is 9.88 Å². The number of rotatable bonds is 4. The molecule has 0 bridgehead atoms. The molecule has 3 N–H and O–H groups in total. The molecule has 1 amide bonds. The van der Waals surface area contributed by atoms with Crippen molar-refractivity contribution in [2.45, 2.75) is 13.3 Å². The molecular formula is C10H16N4O. The van der Waals surface area contributed by atoms with Crippen molar-refractivity contribution < 1.29 is 4.79 Å². The molecule has 5 heteroatoms. The Bertz CT molecular complexity index is 323. The molecule has 0 aliphatic heterocycles. The molecule has 15 heavy (non-hydrogen) atoms. The fraction of sp³-hybridized carbons (Fsp3) is 0.400. The first-order valence-corrected chi connectivity index (χ1v) is 4.87. The molecule has 0 aromatic carbocycles. The van der Waals surface area contributed by atoms with Crippen LogP contribution < -0.4 is 11.3 Å². The molecule has 82 valence electrons. The number of nitrogens with two attached hydrogens (primary N) is 1. The molecule has 0 aliphatic rings. The van der Waals surface area contributed by atoms with Crippen molar-refractivity contribution in [2.24, 2.45) is 5.84 Å². The molecule has 0 saturated carbocycles. The van der Waals surface area contributed by atoms with E-state index in [2.05, 4.69) is 10.4 Å². The van der Waals surface area contributed by atoms with Gasteiger partial charge in [-0.3, -0.25) is 4.79 Å². The van der Waals surface area contributed by atoms with Gasteiger partial charge < -0.3 is 10.3 Å². The van der Waals surface area contributed by atoms with Crippen LogP contribution in [0.3, 0.4) is 0 Å². The minimum Gasteiger partial charge on any atom is -0.342 e. The number of carbonyl (C=O) groups excluding carboxylic acids is 1. The van der Waals surface area contributed by atoms with E-state index in [1.54, 1.807) is 24.1 Å². The number of nitrogens with zero attached hydrogens (tertiary/aromatic N) is 2. The van der Waals surface area contributed by atoms with E-state index in [9.17, 15) is 4.79 Å². The van der Waals surface area contributed by atoms with Gasteiger partial charge in [-0.05, 0) is 18.6 Å². The lowest BCUT2D eigenvalue weighted by Crippen LogP contribution is -2.27. The van der Waals surface area contributed by atoms with Crippen LogP contribution in [0.2, 0.25) is 0 Å². The van der Waals surface area contributed by atoms with Gasteiger partial charge >= 0.3 is 0 Å². The normalized spacial score (nSPS) is 9.80. The summed E-state index contributed by atoms with van der Waals surface area (Å²) < 4.78 is 0. The summed E-state index contributed by atoms with van der Waals surface area (Å²) in [5.74, 6) is 5.70. The largest absolute Gasteiger partial charge is 0.342 e. The van der Waals surface area contributed by atoms with Gasteiger partial charge in [-0.25, -0.2) is 10.8 Å². The third-order valence-corrected chi connectivity index (χ3v) is 2.06. The predicted molar refractivity (Wildman–Crippen MR) is 59.3 cm³/mol. The Hall–Kier alpha value is -1.62. The minimum atomic E-state index is -0.0204. The molecule has 5 nitrogen and oxygen atoms in total. The zero-order valence-electron chi connectivity index (χ0n) is 9.03. The highest BCUT2D eigenvalue weighted by Crippen LogP contribution is 2.06. The molecule has 1 rings (SSSR count). The van der Waals surface area contributed by atoms with E-state index in [1.807, 2.05) is 6.92 Å². The van der Waals surface area contributed by atoms with Crippen molar-refractivity contribution >= 4 is 11.7 Å². The van der Waals surface area contributed by atoms with E-state index in [0.717, 1.165) is 13.0 Å². The highest BCUT2D eigenvalue weighted by Gasteiger charge is 2.10. The van der Waals surface area contributed by atoms with E-state index in [-0.39, 0.29) is 5.91 Å². The summed E-state index contributed by atoms with van der Waals surface area (Å²) >= 11 is 0. The molecule has 0 atom stereocenters. The highest BCUT2D eigenvalue weighted by atomic mass is 16.2. The Morgan fingerprint density at radius 3 is 2.80 bits per heavy atom. The Balaban J connectivity index is 2.73. The second-order valence-corrected chi connectivity index (χ2v) is 3.30. The van der Waals surface area contributed by atoms with Crippen molar-refractivity contribution in [1.29, 1.82) is 0 Å². The van der Waals surface area contributed by atoms with Gasteiger partial charge in [-0.2, -0.15) is 0 Å². The summed E-state index contributed by atoms with van der Waals surface area (Å²) in [5.41, 5.74) is 2.99. The van der Waals surface area contributed by atoms with Gasteiger partial charge in [0.25, 0.3) is 5.91 Å². The van der Waals surface area contributed by atoms with E-state index < -0.39 is 0 Å². The topological polar surface area (TPSA) is 71.2 Å². The van der Waals surface area contributed by atoms with E-state index in [1.165, 1.54) is 6.20 Å². The smallest absolute Gasteiger partial charge is 0.255 e. The number of anilines is 1. The van der Waals surface area contributed by atoms with Gasteiger partial charge in [0.05, 0.1) is 5.56 Å². The average Bonchev–Trinajstić information content (AvgIpc) is 2.28. The summed E-state index contributed by atoms with van der Waals surface area (Å²) in [6, 6.07) is 3.38. The van der Waals surface area contributed by atoms with Crippen molar-refractivity contribution in [3.63, 3.8) is 0 Å². The zero-order chi connectivity index (χ0) is 11.3. The van der Waals surface area contributed by atoms with Crippen LogP contribution in [0.5, 0.6) is 0 Å². The molecule has 0 unspecified atom stereocenters. The van der Waals surface area contributed by atoms with E-state index in [4.69, 9.17) is 5.84 Å². The zero-order valence-corrected chi connectivity index (χ0v) is 9.03. The average molecular weight is 208 g/mol. The second kappa shape index (κ2) is 5.31. The predicted octanol–water partition coefficient (Wildman–Crippen LogP) is 0.849. The molecule has 0 saturated heterocycles. The number of amides is 1. The fourth-order valence-corrected chi connectivity index (χ4v) is 1.26. The van der Waals surface area contributed by atoms with Crippen molar-refractivity contribution in [3.05, 3.63) is 23.9 Å². The third kappa shape index (κ3) is 2.92. The van der Waals surface area contributed by atoms with Gasteiger partial charge in [0.15, 0.2) is 0 Å². The fourth-order valence-electron chi connectivity index (χ4n) is 1.26. The van der Waals surface area contributed by atoms with Crippen LogP contribution in [0.1, 0.15) is 23.7 Å². The number of aromatic nitrogens is 1. The standard InChI is InChI=1S/C10H16N4O/c1-3-6-14(2)10(15)8-4-5-9(13-11)12-7-8/h4-5,7H,3,6,11H2,1-2H3,(H,12,13). The SMILES string of the molecule is CCCN(C)C(=O)c1ccc(NN)nc1. The maximum atomic E-state index is 11.8. The van der Waals surface area contributed by atoms with Crippen LogP contribution in [-0.2, 0) is 0 Å². The maximum Gasteiger partial charge on any atom is 0.255 e. The monoisotopic (exact) mass is 208 g/mol. The molecule has 1 heterocycles. The lowest BCUT2D eigenvalue weighted by atomic mass is 10.2. The molecule has 1 aromatic rings. The lowest BCUT2D eigenvalue weighted by Gasteiger charge is -2.15. The van der Waals surface area contributed by atoms with Gasteiger partial charge in [-0.15, -0.1) is 0 Å².